The van der Waals surface area contributed by atoms with Gasteiger partial charge in [0, 0.05) is 67.5 Å². The number of hydrogen-bond acceptors (Lipinski definition) is 6. The van der Waals surface area contributed by atoms with E-state index in [-0.39, 0.29) is 5.92 Å². The lowest BCUT2D eigenvalue weighted by Gasteiger charge is -2.38. The first-order valence-corrected chi connectivity index (χ1v) is 14.4. The van der Waals surface area contributed by atoms with E-state index in [1.54, 1.807) is 6.20 Å². The van der Waals surface area contributed by atoms with Crippen LogP contribution in [-0.4, -0.2) is 72.4 Å². The molecule has 204 valence electrons. The maximum atomic E-state index is 11.2. The van der Waals surface area contributed by atoms with Crippen LogP contribution in [0.5, 0.6) is 5.88 Å². The second kappa shape index (κ2) is 11.8. The molecule has 6 nitrogen and oxygen atoms in total. The third-order valence-corrected chi connectivity index (χ3v) is 8.56. The molecule has 1 aromatic carbocycles. The van der Waals surface area contributed by atoms with Gasteiger partial charge in [0.15, 0.2) is 0 Å². The van der Waals surface area contributed by atoms with Crippen LogP contribution in [0.25, 0.3) is 5.57 Å². The number of halogens is 1. The van der Waals surface area contributed by atoms with Crippen molar-refractivity contribution in [2.45, 2.75) is 24.9 Å². The number of ether oxygens (including phenoxy) is 2. The van der Waals surface area contributed by atoms with Gasteiger partial charge in [0.2, 0.25) is 5.88 Å². The van der Waals surface area contributed by atoms with Gasteiger partial charge in [-0.15, -0.1) is 0 Å². The summed E-state index contributed by atoms with van der Waals surface area (Å²) in [4.78, 5) is 9.50. The van der Waals surface area contributed by atoms with E-state index in [4.69, 9.17) is 21.1 Å². The maximum Gasteiger partial charge on any atom is 0.227 e. The minimum atomic E-state index is -0.778. The standard InChI is InChI=1S/C32H36ClN3O3/c33-27-10-8-26(9-11-27)32(37)12-16-35(17-13-32)15-3-5-24-22-29-25(23-36-18-20-38-21-19-36)4-1-7-30(29)39-31-28(24)6-2-14-34-31/h1-2,4-11,14,22,25,37H,3,12-13,15-21,23H2. The number of aromatic nitrogens is 1. The van der Waals surface area contributed by atoms with Crippen molar-refractivity contribution in [2.24, 2.45) is 5.92 Å². The minimum absolute atomic E-state index is 0.258. The van der Waals surface area contributed by atoms with Crippen LogP contribution < -0.4 is 4.74 Å². The fourth-order valence-electron chi connectivity index (χ4n) is 5.96. The van der Waals surface area contributed by atoms with Crippen molar-refractivity contribution in [1.82, 2.24) is 14.8 Å². The van der Waals surface area contributed by atoms with Gasteiger partial charge in [0.1, 0.15) is 5.76 Å². The summed E-state index contributed by atoms with van der Waals surface area (Å²) in [6, 6.07) is 11.7. The van der Waals surface area contributed by atoms with Crippen molar-refractivity contribution in [3.8, 4) is 5.88 Å². The summed E-state index contributed by atoms with van der Waals surface area (Å²) in [6.07, 6.45) is 15.2. The van der Waals surface area contributed by atoms with Gasteiger partial charge in [-0.05, 0) is 66.8 Å². The lowest BCUT2D eigenvalue weighted by molar-refractivity contribution is -0.0254. The monoisotopic (exact) mass is 545 g/mol. The molecular weight excluding hydrogens is 510 g/mol. The Morgan fingerprint density at radius 1 is 1.05 bits per heavy atom. The molecule has 4 heterocycles. The molecule has 39 heavy (non-hydrogen) atoms. The molecule has 0 amide bonds. The Morgan fingerprint density at radius 3 is 2.64 bits per heavy atom. The number of nitrogens with zero attached hydrogens (tertiary/aromatic N) is 3. The van der Waals surface area contributed by atoms with Crippen molar-refractivity contribution < 1.29 is 14.6 Å². The van der Waals surface area contributed by atoms with Crippen molar-refractivity contribution in [1.29, 1.82) is 0 Å². The smallest absolute Gasteiger partial charge is 0.227 e. The first-order valence-electron chi connectivity index (χ1n) is 14.0. The SMILES string of the molecule is OC1(c2ccc(Cl)cc2)CCN(CCC=C2C=C3C(=CC=CC3CN3CCOCC3)Oc3ncccc32)CC1. The van der Waals surface area contributed by atoms with E-state index in [0.717, 1.165) is 94.2 Å². The summed E-state index contributed by atoms with van der Waals surface area (Å²) in [5, 5.41) is 11.9. The first-order chi connectivity index (χ1) is 19.1. The number of morpholine rings is 1. The molecule has 4 aliphatic rings. The fraction of sp³-hybridized carbons (Fsp3) is 0.406. The molecule has 6 rings (SSSR count). The molecule has 2 fully saturated rings. The lowest BCUT2D eigenvalue weighted by atomic mass is 9.84. The maximum absolute atomic E-state index is 11.2. The number of likely N-dealkylation sites (tertiary alicyclic amines) is 1. The highest BCUT2D eigenvalue weighted by atomic mass is 35.5. The Labute approximate surface area is 235 Å². The molecule has 2 saturated heterocycles. The Balaban J connectivity index is 1.16. The van der Waals surface area contributed by atoms with Crippen molar-refractivity contribution in [2.75, 3.05) is 52.5 Å². The molecule has 1 N–H and O–H groups in total. The number of piperidine rings is 1. The molecule has 0 spiro atoms. The van der Waals surface area contributed by atoms with Gasteiger partial charge in [0.05, 0.1) is 18.8 Å². The average molecular weight is 546 g/mol. The van der Waals surface area contributed by atoms with E-state index in [0.29, 0.717) is 10.9 Å². The van der Waals surface area contributed by atoms with E-state index < -0.39 is 5.60 Å². The van der Waals surface area contributed by atoms with Crippen LogP contribution in [0.3, 0.4) is 0 Å². The molecule has 7 heteroatoms. The number of allylic oxidation sites excluding steroid dienone is 5. The zero-order chi connectivity index (χ0) is 26.7. The summed E-state index contributed by atoms with van der Waals surface area (Å²) in [5.41, 5.74) is 3.58. The average Bonchev–Trinajstić information content (AvgIpc) is 3.12. The summed E-state index contributed by atoms with van der Waals surface area (Å²) in [7, 11) is 0. The molecule has 1 aromatic heterocycles. The van der Waals surface area contributed by atoms with Gasteiger partial charge in [-0.25, -0.2) is 4.98 Å². The summed E-state index contributed by atoms with van der Waals surface area (Å²) in [5.74, 6) is 1.80. The lowest BCUT2D eigenvalue weighted by Crippen LogP contribution is -2.42. The van der Waals surface area contributed by atoms with Gasteiger partial charge >= 0.3 is 0 Å². The third-order valence-electron chi connectivity index (χ3n) is 8.31. The predicted molar refractivity (Wildman–Crippen MR) is 155 cm³/mol. The number of benzene rings is 1. The molecule has 2 aromatic rings. The Hall–Kier alpha value is -2.74. The second-order valence-corrected chi connectivity index (χ2v) is 11.3. The predicted octanol–water partition coefficient (Wildman–Crippen LogP) is 5.21. The van der Waals surface area contributed by atoms with Crippen molar-refractivity contribution in [3.05, 3.63) is 100 Å². The van der Waals surface area contributed by atoms with E-state index in [1.807, 2.05) is 30.3 Å². The van der Waals surface area contributed by atoms with Crippen molar-refractivity contribution >= 4 is 17.2 Å². The van der Waals surface area contributed by atoms with Gasteiger partial charge in [0.25, 0.3) is 0 Å². The highest BCUT2D eigenvalue weighted by Gasteiger charge is 2.34. The Bertz CT molecular complexity index is 1290. The summed E-state index contributed by atoms with van der Waals surface area (Å²) in [6.45, 7) is 7.14. The van der Waals surface area contributed by atoms with Gasteiger partial charge < -0.3 is 19.5 Å². The third kappa shape index (κ3) is 6.06. The van der Waals surface area contributed by atoms with E-state index in [2.05, 4.69) is 51.2 Å². The van der Waals surface area contributed by atoms with E-state index in [9.17, 15) is 5.11 Å². The highest BCUT2D eigenvalue weighted by Crippen LogP contribution is 2.38. The number of rotatable bonds is 6. The molecule has 1 atom stereocenters. The molecular formula is C32H36ClN3O3. The van der Waals surface area contributed by atoms with Crippen LogP contribution >= 0.6 is 11.6 Å². The quantitative estimate of drug-likeness (QED) is 0.537. The van der Waals surface area contributed by atoms with Crippen LogP contribution in [-0.2, 0) is 10.3 Å². The van der Waals surface area contributed by atoms with Crippen LogP contribution in [0.15, 0.2) is 84.3 Å². The molecule has 0 saturated carbocycles. The molecule has 1 unspecified atom stereocenters. The number of fused-ring (bicyclic) bond motifs is 2. The number of aliphatic hydroxyl groups is 1. The Morgan fingerprint density at radius 2 is 1.85 bits per heavy atom. The van der Waals surface area contributed by atoms with Crippen LogP contribution in [0.1, 0.15) is 30.4 Å². The molecule has 0 radical (unpaired) electrons. The van der Waals surface area contributed by atoms with Gasteiger partial charge in [-0.1, -0.05) is 42.0 Å². The minimum Gasteiger partial charge on any atom is -0.438 e. The topological polar surface area (TPSA) is 58.1 Å². The van der Waals surface area contributed by atoms with Gasteiger partial charge in [-0.3, -0.25) is 4.90 Å². The zero-order valence-electron chi connectivity index (χ0n) is 22.3. The first kappa shape index (κ1) is 26.5. The van der Waals surface area contributed by atoms with Gasteiger partial charge in [-0.2, -0.15) is 0 Å². The van der Waals surface area contributed by atoms with Crippen LogP contribution in [0.4, 0.5) is 0 Å². The highest BCUT2D eigenvalue weighted by molar-refractivity contribution is 6.30. The summed E-state index contributed by atoms with van der Waals surface area (Å²) >= 11 is 6.05. The second-order valence-electron chi connectivity index (χ2n) is 10.8. The molecule has 1 aliphatic carbocycles. The largest absolute Gasteiger partial charge is 0.438 e. The van der Waals surface area contributed by atoms with Crippen LogP contribution in [0.2, 0.25) is 5.02 Å². The van der Waals surface area contributed by atoms with E-state index >= 15 is 0 Å². The number of pyridine rings is 1. The van der Waals surface area contributed by atoms with Crippen LogP contribution in [0, 0.1) is 5.92 Å². The van der Waals surface area contributed by atoms with E-state index in [1.165, 1.54) is 5.57 Å². The molecule has 3 aliphatic heterocycles. The molecule has 0 bridgehead atoms. The fourth-order valence-corrected chi connectivity index (χ4v) is 6.09. The Kier molecular flexibility index (Phi) is 8.00. The normalized spacial score (nSPS) is 24.3. The summed E-state index contributed by atoms with van der Waals surface area (Å²) < 4.78 is 11.9. The zero-order valence-corrected chi connectivity index (χ0v) is 23.0. The number of hydrogen-bond donors (Lipinski definition) is 1. The van der Waals surface area contributed by atoms with Crippen molar-refractivity contribution in [3.63, 3.8) is 0 Å².